The van der Waals surface area contributed by atoms with Crippen LogP contribution >= 0.6 is 22.6 Å². The summed E-state index contributed by atoms with van der Waals surface area (Å²) in [4.78, 5) is 14.1. The Kier molecular flexibility index (Phi) is 5.51. The average Bonchev–Trinajstić information content (AvgIpc) is 2.31. The second-order valence-electron chi connectivity index (χ2n) is 2.96. The second kappa shape index (κ2) is 6.93. The number of azide groups is 1. The number of halogens is 1. The Morgan fingerprint density at radius 3 is 2.88 bits per heavy atom. The van der Waals surface area contributed by atoms with Crippen molar-refractivity contribution in [2.24, 2.45) is 5.11 Å². The van der Waals surface area contributed by atoms with Gasteiger partial charge in [-0.25, -0.2) is 4.79 Å². The molecule has 17 heavy (non-hydrogen) atoms. The Hall–Kier alpha value is -1.53. The number of carbonyl (C=O) groups is 1. The van der Waals surface area contributed by atoms with Crippen LogP contribution in [0.15, 0.2) is 35.1 Å². The largest absolute Gasteiger partial charge is 0.462 e. The lowest BCUT2D eigenvalue weighted by atomic mass is 10.2. The minimum Gasteiger partial charge on any atom is -0.462 e. The summed E-state index contributed by atoms with van der Waals surface area (Å²) >= 11 is 2.14. The fraction of sp³-hybridized carbons (Fsp3) is 0.182. The number of rotatable bonds is 4. The summed E-state index contributed by atoms with van der Waals surface area (Å²) in [5.41, 5.74) is 9.17. The molecule has 0 N–H and O–H groups in total. The maximum atomic E-state index is 11.5. The SMILES string of the molecule is CCOC(=O)/C(=C/c1ccccc1I)N=[N+]=[N-]. The van der Waals surface area contributed by atoms with Gasteiger partial charge in [-0.3, -0.25) is 0 Å². The van der Waals surface area contributed by atoms with Crippen LogP contribution in [0.4, 0.5) is 0 Å². The first-order valence-corrected chi connectivity index (χ1v) is 5.95. The average molecular weight is 343 g/mol. The molecule has 1 aromatic carbocycles. The maximum Gasteiger partial charge on any atom is 0.340 e. The van der Waals surface area contributed by atoms with Crippen molar-refractivity contribution in [3.8, 4) is 0 Å². The van der Waals surface area contributed by atoms with Gasteiger partial charge in [-0.05, 0) is 52.8 Å². The summed E-state index contributed by atoms with van der Waals surface area (Å²) in [5.74, 6) is -0.620. The summed E-state index contributed by atoms with van der Waals surface area (Å²) in [6, 6.07) is 7.45. The molecule has 0 unspecified atom stereocenters. The van der Waals surface area contributed by atoms with Gasteiger partial charge in [-0.1, -0.05) is 23.3 Å². The number of benzene rings is 1. The first kappa shape index (κ1) is 13.5. The molecule has 0 atom stereocenters. The monoisotopic (exact) mass is 343 g/mol. The van der Waals surface area contributed by atoms with Crippen LogP contribution in [0.1, 0.15) is 12.5 Å². The topological polar surface area (TPSA) is 75.1 Å². The third kappa shape index (κ3) is 4.08. The molecule has 5 nitrogen and oxygen atoms in total. The lowest BCUT2D eigenvalue weighted by Gasteiger charge is -2.02. The van der Waals surface area contributed by atoms with E-state index in [4.69, 9.17) is 10.3 Å². The molecule has 0 saturated carbocycles. The Labute approximate surface area is 112 Å². The van der Waals surface area contributed by atoms with Crippen LogP contribution in [0.3, 0.4) is 0 Å². The molecule has 0 amide bonds. The highest BCUT2D eigenvalue weighted by Crippen LogP contribution is 2.16. The summed E-state index contributed by atoms with van der Waals surface area (Å²) in [7, 11) is 0. The van der Waals surface area contributed by atoms with Crippen LogP contribution in [0.2, 0.25) is 0 Å². The molecule has 6 heteroatoms. The van der Waals surface area contributed by atoms with Gasteiger partial charge in [-0.15, -0.1) is 0 Å². The van der Waals surface area contributed by atoms with E-state index in [-0.39, 0.29) is 12.3 Å². The number of nitrogens with zero attached hydrogens (tertiary/aromatic N) is 3. The maximum absolute atomic E-state index is 11.5. The molecule has 0 saturated heterocycles. The first-order valence-electron chi connectivity index (χ1n) is 4.87. The molecular weight excluding hydrogens is 333 g/mol. The molecule has 88 valence electrons. The van der Waals surface area contributed by atoms with Crippen LogP contribution in [0.5, 0.6) is 0 Å². The van der Waals surface area contributed by atoms with Crippen molar-refractivity contribution < 1.29 is 9.53 Å². The van der Waals surface area contributed by atoms with E-state index in [2.05, 4.69) is 32.6 Å². The van der Waals surface area contributed by atoms with Gasteiger partial charge in [0.25, 0.3) is 0 Å². The first-order chi connectivity index (χ1) is 8.19. The van der Waals surface area contributed by atoms with E-state index in [1.807, 2.05) is 24.3 Å². The van der Waals surface area contributed by atoms with Crippen molar-refractivity contribution in [1.82, 2.24) is 0 Å². The standard InChI is InChI=1S/C11H10IN3O2/c1-2-17-11(16)10(14-15-13)7-8-5-3-4-6-9(8)12/h3-7H,2H2,1H3/b10-7-. The van der Waals surface area contributed by atoms with Crippen LogP contribution in [-0.2, 0) is 9.53 Å². The molecule has 0 spiro atoms. The molecular formula is C11H10IN3O2. The summed E-state index contributed by atoms with van der Waals surface area (Å²) in [6.07, 6.45) is 1.51. The number of carbonyl (C=O) groups excluding carboxylic acids is 1. The summed E-state index contributed by atoms with van der Waals surface area (Å²) in [6.45, 7) is 1.93. The van der Waals surface area contributed by atoms with E-state index < -0.39 is 5.97 Å². The van der Waals surface area contributed by atoms with Gasteiger partial charge in [0, 0.05) is 8.48 Å². The molecule has 0 aliphatic heterocycles. The van der Waals surface area contributed by atoms with Crippen LogP contribution < -0.4 is 0 Å². The van der Waals surface area contributed by atoms with Crippen molar-refractivity contribution in [2.45, 2.75) is 6.92 Å². The quantitative estimate of drug-likeness (QED) is 0.210. The zero-order chi connectivity index (χ0) is 12.7. The molecule has 0 aliphatic rings. The van der Waals surface area contributed by atoms with E-state index in [1.54, 1.807) is 6.92 Å². The van der Waals surface area contributed by atoms with Gasteiger partial charge in [0.15, 0.2) is 0 Å². The third-order valence-corrected chi connectivity index (χ3v) is 2.82. The van der Waals surface area contributed by atoms with Gasteiger partial charge >= 0.3 is 5.97 Å². The molecule has 0 aliphatic carbocycles. The Balaban J connectivity index is 3.11. The third-order valence-electron chi connectivity index (χ3n) is 1.83. The summed E-state index contributed by atoms with van der Waals surface area (Å²) in [5, 5.41) is 3.34. The normalized spacial score (nSPS) is 10.6. The minimum atomic E-state index is -0.620. The van der Waals surface area contributed by atoms with Crippen LogP contribution in [0, 0.1) is 3.57 Å². The summed E-state index contributed by atoms with van der Waals surface area (Å²) < 4.78 is 5.75. The lowest BCUT2D eigenvalue weighted by Crippen LogP contribution is -2.05. The Bertz CT molecular complexity index is 493. The number of hydrogen-bond acceptors (Lipinski definition) is 3. The molecule has 0 aromatic heterocycles. The highest BCUT2D eigenvalue weighted by atomic mass is 127. The fourth-order valence-electron chi connectivity index (χ4n) is 1.12. The van der Waals surface area contributed by atoms with Gasteiger partial charge in [0.2, 0.25) is 0 Å². The van der Waals surface area contributed by atoms with E-state index >= 15 is 0 Å². The number of esters is 1. The molecule has 0 fully saturated rings. The molecule has 0 heterocycles. The fourth-order valence-corrected chi connectivity index (χ4v) is 1.66. The van der Waals surface area contributed by atoms with Gasteiger partial charge in [0.05, 0.1) is 6.61 Å². The van der Waals surface area contributed by atoms with Crippen molar-refractivity contribution >= 4 is 34.6 Å². The Morgan fingerprint density at radius 2 is 2.29 bits per heavy atom. The van der Waals surface area contributed by atoms with Gasteiger partial charge in [0.1, 0.15) is 5.70 Å². The van der Waals surface area contributed by atoms with Gasteiger partial charge < -0.3 is 4.74 Å². The zero-order valence-corrected chi connectivity index (χ0v) is 11.3. The predicted molar refractivity (Wildman–Crippen MR) is 72.9 cm³/mol. The van der Waals surface area contributed by atoms with Gasteiger partial charge in [-0.2, -0.15) is 0 Å². The van der Waals surface area contributed by atoms with Crippen LogP contribution in [0.25, 0.3) is 16.5 Å². The highest BCUT2D eigenvalue weighted by molar-refractivity contribution is 14.1. The van der Waals surface area contributed by atoms with Crippen molar-refractivity contribution in [3.63, 3.8) is 0 Å². The van der Waals surface area contributed by atoms with Crippen molar-refractivity contribution in [1.29, 1.82) is 0 Å². The predicted octanol–water partition coefficient (Wildman–Crippen LogP) is 3.51. The smallest absolute Gasteiger partial charge is 0.340 e. The molecule has 1 rings (SSSR count). The molecule has 1 aromatic rings. The lowest BCUT2D eigenvalue weighted by molar-refractivity contribution is -0.138. The molecule has 0 bridgehead atoms. The molecule has 0 radical (unpaired) electrons. The van der Waals surface area contributed by atoms with Crippen molar-refractivity contribution in [2.75, 3.05) is 6.61 Å². The number of hydrogen-bond donors (Lipinski definition) is 0. The Morgan fingerprint density at radius 1 is 1.59 bits per heavy atom. The van der Waals surface area contributed by atoms with E-state index in [0.717, 1.165) is 9.13 Å². The minimum absolute atomic E-state index is 0.0431. The second-order valence-corrected chi connectivity index (χ2v) is 4.12. The highest BCUT2D eigenvalue weighted by Gasteiger charge is 2.09. The zero-order valence-electron chi connectivity index (χ0n) is 9.13. The van der Waals surface area contributed by atoms with E-state index in [9.17, 15) is 4.79 Å². The van der Waals surface area contributed by atoms with Crippen molar-refractivity contribution in [3.05, 3.63) is 49.5 Å². The van der Waals surface area contributed by atoms with E-state index in [1.165, 1.54) is 6.08 Å². The number of ether oxygens (including phenoxy) is 1. The van der Waals surface area contributed by atoms with E-state index in [0.29, 0.717) is 0 Å². The van der Waals surface area contributed by atoms with Crippen LogP contribution in [-0.4, -0.2) is 12.6 Å².